The number of alkyl halides is 1. The van der Waals surface area contributed by atoms with Crippen molar-refractivity contribution in [1.82, 2.24) is 24.6 Å². The highest BCUT2D eigenvalue weighted by atomic mass is 32.2. The van der Waals surface area contributed by atoms with Crippen molar-refractivity contribution in [2.45, 2.75) is 48.8 Å². The van der Waals surface area contributed by atoms with Crippen LogP contribution in [0.5, 0.6) is 0 Å². The summed E-state index contributed by atoms with van der Waals surface area (Å²) in [6, 6.07) is 8.64. The summed E-state index contributed by atoms with van der Waals surface area (Å²) in [7, 11) is -4.18. The molecule has 1 N–H and O–H groups in total. The first kappa shape index (κ1) is 23.4. The van der Waals surface area contributed by atoms with Gasteiger partial charge in [-0.3, -0.25) is 9.78 Å². The molecule has 2 aromatic heterocycles. The number of nitrogens with zero attached hydrogens (tertiary/aromatic N) is 4. The van der Waals surface area contributed by atoms with Gasteiger partial charge in [0, 0.05) is 36.3 Å². The molecule has 2 fully saturated rings. The SMILES string of the molecule is O=C(NCc1cc(-c2ccc(C3CC3)nc2)ncn1)[C@@H]1C[C@@H](F)CN1S(=O)(=O)c1ccc(F)cc1. The number of amides is 1. The van der Waals surface area contributed by atoms with Crippen molar-refractivity contribution in [3.63, 3.8) is 0 Å². The highest BCUT2D eigenvalue weighted by Crippen LogP contribution is 2.39. The van der Waals surface area contributed by atoms with E-state index in [4.69, 9.17) is 0 Å². The zero-order valence-electron chi connectivity index (χ0n) is 18.6. The second-order valence-corrected chi connectivity index (χ2v) is 10.6. The lowest BCUT2D eigenvalue weighted by atomic mass is 10.1. The number of carbonyl (C=O) groups is 1. The Morgan fingerprint density at radius 1 is 1.09 bits per heavy atom. The summed E-state index contributed by atoms with van der Waals surface area (Å²) in [6.07, 6.45) is 3.71. The number of benzene rings is 1. The summed E-state index contributed by atoms with van der Waals surface area (Å²) in [4.78, 5) is 25.6. The number of rotatable bonds is 7. The van der Waals surface area contributed by atoms with Crippen LogP contribution in [0.4, 0.5) is 8.78 Å². The van der Waals surface area contributed by atoms with E-state index in [9.17, 15) is 22.0 Å². The molecule has 3 heterocycles. The average molecular weight is 500 g/mol. The molecule has 0 radical (unpaired) electrons. The van der Waals surface area contributed by atoms with Crippen molar-refractivity contribution in [3.05, 3.63) is 72.2 Å². The van der Waals surface area contributed by atoms with Gasteiger partial charge < -0.3 is 5.32 Å². The van der Waals surface area contributed by atoms with Crippen LogP contribution in [-0.2, 0) is 21.4 Å². The van der Waals surface area contributed by atoms with Crippen molar-refractivity contribution < 1.29 is 22.0 Å². The molecule has 0 bridgehead atoms. The number of nitrogens with one attached hydrogen (secondary N) is 1. The standard InChI is InChI=1S/C24H23F2N5O3S/c25-17-4-6-20(7-5-17)35(33,34)31-13-18(26)9-23(31)24(32)28-12-19-10-22(30-14-29-19)16-3-8-21(27-11-16)15-1-2-15/h3-8,10-11,14-15,18,23H,1-2,9,12-13H2,(H,28,32)/t18-,23+/m1/s1. The van der Waals surface area contributed by atoms with Gasteiger partial charge in [0.2, 0.25) is 15.9 Å². The monoisotopic (exact) mass is 499 g/mol. The molecule has 8 nitrogen and oxygen atoms in total. The second kappa shape index (κ2) is 9.38. The van der Waals surface area contributed by atoms with Gasteiger partial charge in [0.25, 0.3) is 0 Å². The van der Waals surface area contributed by atoms with Crippen LogP contribution in [0.2, 0.25) is 0 Å². The minimum absolute atomic E-state index is 0.0137. The molecule has 1 aromatic carbocycles. The summed E-state index contributed by atoms with van der Waals surface area (Å²) in [5, 5.41) is 2.66. The van der Waals surface area contributed by atoms with E-state index in [1.807, 2.05) is 12.1 Å². The Balaban J connectivity index is 1.27. The van der Waals surface area contributed by atoms with Gasteiger partial charge in [0.15, 0.2) is 0 Å². The summed E-state index contributed by atoms with van der Waals surface area (Å²) in [6.45, 7) is -0.431. The number of pyridine rings is 1. The van der Waals surface area contributed by atoms with Crippen LogP contribution >= 0.6 is 0 Å². The zero-order valence-corrected chi connectivity index (χ0v) is 19.5. The highest BCUT2D eigenvalue weighted by molar-refractivity contribution is 7.89. The number of aromatic nitrogens is 3. The number of halogens is 2. The molecule has 2 atom stereocenters. The van der Waals surface area contributed by atoms with Crippen molar-refractivity contribution in [1.29, 1.82) is 0 Å². The third kappa shape index (κ3) is 5.06. The quantitative estimate of drug-likeness (QED) is 0.536. The predicted molar refractivity (Wildman–Crippen MR) is 123 cm³/mol. The Kier molecular flexibility index (Phi) is 6.28. The van der Waals surface area contributed by atoms with E-state index in [2.05, 4.69) is 20.3 Å². The van der Waals surface area contributed by atoms with E-state index >= 15 is 0 Å². The summed E-state index contributed by atoms with van der Waals surface area (Å²) in [5.74, 6) is -0.681. The molecule has 1 aliphatic carbocycles. The molecule has 0 spiro atoms. The number of hydrogen-bond donors (Lipinski definition) is 1. The third-order valence-corrected chi connectivity index (χ3v) is 8.06. The van der Waals surface area contributed by atoms with Gasteiger partial charge in [-0.2, -0.15) is 4.31 Å². The molecule has 1 saturated heterocycles. The maximum absolute atomic E-state index is 14.2. The molecule has 5 rings (SSSR count). The highest BCUT2D eigenvalue weighted by Gasteiger charge is 2.44. The Morgan fingerprint density at radius 2 is 1.86 bits per heavy atom. The molecule has 2 aliphatic rings. The molecular formula is C24H23F2N5O3S. The smallest absolute Gasteiger partial charge is 0.243 e. The molecule has 0 unspecified atom stereocenters. The van der Waals surface area contributed by atoms with Crippen LogP contribution in [0.25, 0.3) is 11.3 Å². The maximum atomic E-state index is 14.2. The van der Waals surface area contributed by atoms with Crippen LogP contribution in [0.3, 0.4) is 0 Å². The molecule has 35 heavy (non-hydrogen) atoms. The lowest BCUT2D eigenvalue weighted by Crippen LogP contribution is -2.45. The number of carbonyl (C=O) groups excluding carboxylic acids is 1. The first-order chi connectivity index (χ1) is 16.8. The fourth-order valence-electron chi connectivity index (χ4n) is 4.13. The summed E-state index contributed by atoms with van der Waals surface area (Å²) in [5.41, 5.74) is 3.04. The second-order valence-electron chi connectivity index (χ2n) is 8.74. The largest absolute Gasteiger partial charge is 0.349 e. The van der Waals surface area contributed by atoms with Gasteiger partial charge in [-0.15, -0.1) is 0 Å². The molecule has 1 aliphatic heterocycles. The topological polar surface area (TPSA) is 105 Å². The lowest BCUT2D eigenvalue weighted by molar-refractivity contribution is -0.124. The zero-order chi connectivity index (χ0) is 24.6. The minimum atomic E-state index is -4.18. The molecular weight excluding hydrogens is 476 g/mol. The Bertz CT molecular complexity index is 1330. The lowest BCUT2D eigenvalue weighted by Gasteiger charge is -2.23. The molecule has 1 amide bonds. The van der Waals surface area contributed by atoms with Gasteiger partial charge in [-0.1, -0.05) is 0 Å². The van der Waals surface area contributed by atoms with Crippen molar-refractivity contribution in [3.8, 4) is 11.3 Å². The van der Waals surface area contributed by atoms with Crippen LogP contribution in [0.1, 0.15) is 36.6 Å². The Labute approximate surface area is 201 Å². The van der Waals surface area contributed by atoms with E-state index < -0.39 is 40.5 Å². The van der Waals surface area contributed by atoms with E-state index in [1.54, 1.807) is 12.3 Å². The normalized spacial score (nSPS) is 20.6. The van der Waals surface area contributed by atoms with Gasteiger partial charge in [0.1, 0.15) is 24.4 Å². The van der Waals surface area contributed by atoms with Crippen molar-refractivity contribution >= 4 is 15.9 Å². The number of hydrogen-bond acceptors (Lipinski definition) is 6. The molecule has 3 aromatic rings. The van der Waals surface area contributed by atoms with Crippen LogP contribution in [0.15, 0.2) is 59.9 Å². The van der Waals surface area contributed by atoms with Gasteiger partial charge >= 0.3 is 0 Å². The van der Waals surface area contributed by atoms with Crippen LogP contribution < -0.4 is 5.32 Å². The Morgan fingerprint density at radius 3 is 2.54 bits per heavy atom. The molecule has 182 valence electrons. The fourth-order valence-corrected chi connectivity index (χ4v) is 5.75. The van der Waals surface area contributed by atoms with Crippen molar-refractivity contribution in [2.24, 2.45) is 0 Å². The first-order valence-electron chi connectivity index (χ1n) is 11.3. The summed E-state index contributed by atoms with van der Waals surface area (Å²) < 4.78 is 54.2. The summed E-state index contributed by atoms with van der Waals surface area (Å²) >= 11 is 0. The van der Waals surface area contributed by atoms with Crippen molar-refractivity contribution in [2.75, 3.05) is 6.54 Å². The minimum Gasteiger partial charge on any atom is -0.349 e. The molecule has 1 saturated carbocycles. The van der Waals surface area contributed by atoms with Gasteiger partial charge in [-0.25, -0.2) is 27.2 Å². The average Bonchev–Trinajstić information content (AvgIpc) is 3.64. The predicted octanol–water partition coefficient (Wildman–Crippen LogP) is 2.97. The van der Waals surface area contributed by atoms with Gasteiger partial charge in [-0.05, 0) is 55.3 Å². The van der Waals surface area contributed by atoms with Crippen LogP contribution in [0, 0.1) is 5.82 Å². The van der Waals surface area contributed by atoms with E-state index in [0.29, 0.717) is 17.3 Å². The van der Waals surface area contributed by atoms with E-state index in [-0.39, 0.29) is 17.9 Å². The molecule has 11 heteroatoms. The number of sulfonamides is 1. The fraction of sp³-hybridized carbons (Fsp3) is 0.333. The first-order valence-corrected chi connectivity index (χ1v) is 12.7. The Hall–Kier alpha value is -3.31. The van der Waals surface area contributed by atoms with Gasteiger partial charge in [0.05, 0.1) is 22.8 Å². The maximum Gasteiger partial charge on any atom is 0.243 e. The van der Waals surface area contributed by atoms with Crippen LogP contribution in [-0.4, -0.2) is 52.3 Å². The van der Waals surface area contributed by atoms with E-state index in [0.717, 1.165) is 52.7 Å². The third-order valence-electron chi connectivity index (χ3n) is 6.17. The van der Waals surface area contributed by atoms with E-state index in [1.165, 1.54) is 6.33 Å².